The zero-order valence-corrected chi connectivity index (χ0v) is 11.4. The molecule has 0 fully saturated rings. The van der Waals surface area contributed by atoms with Crippen LogP contribution in [0.4, 0.5) is 0 Å². The minimum Gasteiger partial charge on any atom is -0.476 e. The smallest absolute Gasteiger partial charge is 0.355 e. The molecule has 0 unspecified atom stereocenters. The number of carbonyl (C=O) groups is 1. The minimum atomic E-state index is -1.05. The Morgan fingerprint density at radius 3 is 2.55 bits per heavy atom. The number of pyridine rings is 1. The van der Waals surface area contributed by atoms with Crippen LogP contribution in [0.25, 0.3) is 16.9 Å². The first-order valence-corrected chi connectivity index (χ1v) is 6.43. The summed E-state index contributed by atoms with van der Waals surface area (Å²) in [6.07, 6.45) is 0. The van der Waals surface area contributed by atoms with Crippen molar-refractivity contribution in [2.24, 2.45) is 0 Å². The topological polar surface area (TPSA) is 54.6 Å². The van der Waals surface area contributed by atoms with Crippen LogP contribution in [0.15, 0.2) is 42.5 Å². The van der Waals surface area contributed by atoms with Gasteiger partial charge in [-0.15, -0.1) is 0 Å². The third-order valence-corrected chi connectivity index (χ3v) is 3.42. The standard InChI is InChI=1S/C15H11ClN2O2/c1-9-5-7-10(8-6-9)13-14(15(19)20)18-11(16)3-2-4-12(18)17-13/h2-8H,1H3,(H,19,20). The number of halogens is 1. The lowest BCUT2D eigenvalue weighted by Crippen LogP contribution is -2.04. The Kier molecular flexibility index (Phi) is 2.95. The highest BCUT2D eigenvalue weighted by molar-refractivity contribution is 6.30. The molecule has 0 radical (unpaired) electrons. The third kappa shape index (κ3) is 1.94. The van der Waals surface area contributed by atoms with Crippen LogP contribution in [0.1, 0.15) is 16.1 Å². The molecule has 3 rings (SSSR count). The van der Waals surface area contributed by atoms with Crippen LogP contribution in [-0.4, -0.2) is 20.5 Å². The summed E-state index contributed by atoms with van der Waals surface area (Å²) in [5.41, 5.74) is 2.88. The zero-order chi connectivity index (χ0) is 14.3. The van der Waals surface area contributed by atoms with Gasteiger partial charge in [0.25, 0.3) is 0 Å². The molecule has 4 nitrogen and oxygen atoms in total. The molecule has 0 atom stereocenters. The molecule has 0 amide bonds. The van der Waals surface area contributed by atoms with Gasteiger partial charge in [-0.3, -0.25) is 4.40 Å². The first-order chi connectivity index (χ1) is 9.58. The second kappa shape index (κ2) is 4.65. The first-order valence-electron chi connectivity index (χ1n) is 6.05. The van der Waals surface area contributed by atoms with Crippen LogP contribution in [-0.2, 0) is 0 Å². The van der Waals surface area contributed by atoms with E-state index in [0.29, 0.717) is 16.5 Å². The molecule has 2 heterocycles. The first kappa shape index (κ1) is 12.7. The van der Waals surface area contributed by atoms with Crippen molar-refractivity contribution in [3.8, 4) is 11.3 Å². The molecule has 0 aliphatic carbocycles. The van der Waals surface area contributed by atoms with Crippen molar-refractivity contribution in [3.63, 3.8) is 0 Å². The maximum atomic E-state index is 11.6. The maximum Gasteiger partial charge on any atom is 0.355 e. The fourth-order valence-corrected chi connectivity index (χ4v) is 2.41. The van der Waals surface area contributed by atoms with Crippen LogP contribution >= 0.6 is 11.6 Å². The van der Waals surface area contributed by atoms with Gasteiger partial charge in [0.2, 0.25) is 0 Å². The van der Waals surface area contributed by atoms with E-state index in [-0.39, 0.29) is 5.69 Å². The van der Waals surface area contributed by atoms with Crippen molar-refractivity contribution in [1.82, 2.24) is 9.38 Å². The predicted molar refractivity (Wildman–Crippen MR) is 77.3 cm³/mol. The second-order valence-corrected chi connectivity index (χ2v) is 4.91. The van der Waals surface area contributed by atoms with Crippen molar-refractivity contribution in [2.75, 3.05) is 0 Å². The van der Waals surface area contributed by atoms with Crippen LogP contribution in [0.2, 0.25) is 5.15 Å². The second-order valence-electron chi connectivity index (χ2n) is 4.52. The number of hydrogen-bond acceptors (Lipinski definition) is 2. The number of carboxylic acid groups (broad SMARTS) is 1. The number of nitrogens with zero attached hydrogens (tertiary/aromatic N) is 2. The van der Waals surface area contributed by atoms with Crippen LogP contribution in [0, 0.1) is 6.92 Å². The summed E-state index contributed by atoms with van der Waals surface area (Å²) in [4.78, 5) is 16.0. The minimum absolute atomic E-state index is 0.0782. The highest BCUT2D eigenvalue weighted by Gasteiger charge is 2.21. The van der Waals surface area contributed by atoms with Crippen LogP contribution < -0.4 is 0 Å². The molecule has 1 N–H and O–H groups in total. The summed E-state index contributed by atoms with van der Waals surface area (Å²) in [7, 11) is 0. The SMILES string of the molecule is Cc1ccc(-c2nc3cccc(Cl)n3c2C(=O)O)cc1. The molecular weight excluding hydrogens is 276 g/mol. The van der Waals surface area contributed by atoms with E-state index in [9.17, 15) is 9.90 Å². The summed E-state index contributed by atoms with van der Waals surface area (Å²) in [5, 5.41) is 9.80. The molecule has 0 aliphatic heterocycles. The summed E-state index contributed by atoms with van der Waals surface area (Å²) < 4.78 is 1.44. The molecule has 0 spiro atoms. The van der Waals surface area contributed by atoms with Crippen LogP contribution in [0.5, 0.6) is 0 Å². The molecule has 20 heavy (non-hydrogen) atoms. The number of aromatic nitrogens is 2. The fourth-order valence-electron chi connectivity index (χ4n) is 2.16. The molecule has 0 saturated carbocycles. The molecule has 100 valence electrons. The van der Waals surface area contributed by atoms with Crippen molar-refractivity contribution in [1.29, 1.82) is 0 Å². The van der Waals surface area contributed by atoms with Gasteiger partial charge in [0, 0.05) is 5.56 Å². The van der Waals surface area contributed by atoms with Crippen LogP contribution in [0.3, 0.4) is 0 Å². The lowest BCUT2D eigenvalue weighted by Gasteiger charge is -2.02. The van der Waals surface area contributed by atoms with Gasteiger partial charge < -0.3 is 5.11 Å². The quantitative estimate of drug-likeness (QED) is 0.732. The number of hydrogen-bond donors (Lipinski definition) is 1. The molecule has 1 aromatic carbocycles. The summed E-state index contributed by atoms with van der Waals surface area (Å²) in [6.45, 7) is 1.97. The lowest BCUT2D eigenvalue weighted by atomic mass is 10.1. The van der Waals surface area contributed by atoms with E-state index >= 15 is 0 Å². The van der Waals surface area contributed by atoms with E-state index < -0.39 is 5.97 Å². The summed E-state index contributed by atoms with van der Waals surface area (Å²) >= 11 is 6.09. The van der Waals surface area contributed by atoms with Gasteiger partial charge in [-0.1, -0.05) is 47.5 Å². The number of benzene rings is 1. The zero-order valence-electron chi connectivity index (χ0n) is 10.7. The summed E-state index contributed by atoms with van der Waals surface area (Å²) in [5.74, 6) is -1.05. The van der Waals surface area contributed by atoms with Gasteiger partial charge in [0.15, 0.2) is 5.69 Å². The molecular formula is C15H11ClN2O2. The Hall–Kier alpha value is -2.33. The molecule has 2 aromatic heterocycles. The number of carboxylic acids is 1. The maximum absolute atomic E-state index is 11.6. The van der Waals surface area contributed by atoms with Crippen molar-refractivity contribution < 1.29 is 9.90 Å². The number of fused-ring (bicyclic) bond motifs is 1. The van der Waals surface area contributed by atoms with E-state index in [1.807, 2.05) is 31.2 Å². The lowest BCUT2D eigenvalue weighted by molar-refractivity contribution is 0.0690. The Morgan fingerprint density at radius 1 is 1.20 bits per heavy atom. The number of aryl methyl sites for hydroxylation is 1. The molecule has 0 bridgehead atoms. The highest BCUT2D eigenvalue weighted by atomic mass is 35.5. The molecule has 5 heteroatoms. The van der Waals surface area contributed by atoms with E-state index in [2.05, 4.69) is 4.98 Å². The van der Waals surface area contributed by atoms with Crippen molar-refractivity contribution in [2.45, 2.75) is 6.92 Å². The number of rotatable bonds is 2. The monoisotopic (exact) mass is 286 g/mol. The van der Waals surface area contributed by atoms with Gasteiger partial charge in [-0.2, -0.15) is 0 Å². The van der Waals surface area contributed by atoms with E-state index in [0.717, 1.165) is 11.1 Å². The molecule has 0 saturated heterocycles. The largest absolute Gasteiger partial charge is 0.476 e. The normalized spacial score (nSPS) is 10.9. The van der Waals surface area contributed by atoms with Gasteiger partial charge in [0.1, 0.15) is 16.5 Å². The van der Waals surface area contributed by atoms with E-state index in [1.54, 1.807) is 18.2 Å². The van der Waals surface area contributed by atoms with Gasteiger partial charge in [-0.05, 0) is 19.1 Å². The van der Waals surface area contributed by atoms with Gasteiger partial charge >= 0.3 is 5.97 Å². The third-order valence-electron chi connectivity index (χ3n) is 3.12. The predicted octanol–water partition coefficient (Wildman–Crippen LogP) is 3.66. The van der Waals surface area contributed by atoms with E-state index in [4.69, 9.17) is 11.6 Å². The average Bonchev–Trinajstić information content (AvgIpc) is 2.80. The van der Waals surface area contributed by atoms with Crippen molar-refractivity contribution >= 4 is 23.2 Å². The average molecular weight is 287 g/mol. The Bertz CT molecular complexity index is 807. The highest BCUT2D eigenvalue weighted by Crippen LogP contribution is 2.27. The van der Waals surface area contributed by atoms with Gasteiger partial charge in [0.05, 0.1) is 0 Å². The molecule has 3 aromatic rings. The van der Waals surface area contributed by atoms with E-state index in [1.165, 1.54) is 4.40 Å². The van der Waals surface area contributed by atoms with Gasteiger partial charge in [-0.25, -0.2) is 9.78 Å². The molecule has 0 aliphatic rings. The number of imidazole rings is 1. The van der Waals surface area contributed by atoms with Crippen molar-refractivity contribution in [3.05, 3.63) is 58.9 Å². The fraction of sp³-hybridized carbons (Fsp3) is 0.0667. The summed E-state index contributed by atoms with van der Waals surface area (Å²) in [6, 6.07) is 12.7. The number of aromatic carboxylic acids is 1. The Labute approximate surface area is 120 Å². The Balaban J connectivity index is 2.35. The Morgan fingerprint density at radius 2 is 1.90 bits per heavy atom.